The van der Waals surface area contributed by atoms with Crippen LogP contribution in [0.2, 0.25) is 0 Å². The van der Waals surface area contributed by atoms with E-state index in [4.69, 9.17) is 15.2 Å². The molecule has 24 heavy (non-hydrogen) atoms. The SMILES string of the molecule is CCOCCCNC(N)=NCc1ccccc1OCC(F)(F)F.I. The fourth-order valence-electron chi connectivity index (χ4n) is 1.70. The van der Waals surface area contributed by atoms with Gasteiger partial charge in [-0.25, -0.2) is 4.99 Å². The number of para-hydroxylation sites is 1. The van der Waals surface area contributed by atoms with Gasteiger partial charge in [-0.05, 0) is 19.4 Å². The predicted octanol–water partition coefficient (Wildman–Crippen LogP) is 3.08. The highest BCUT2D eigenvalue weighted by Crippen LogP contribution is 2.22. The number of guanidine groups is 1. The molecule has 0 aliphatic rings. The Hall–Kier alpha value is -1.23. The van der Waals surface area contributed by atoms with Crippen molar-refractivity contribution in [2.24, 2.45) is 10.7 Å². The summed E-state index contributed by atoms with van der Waals surface area (Å²) in [5.74, 6) is 0.379. The van der Waals surface area contributed by atoms with E-state index in [1.54, 1.807) is 18.2 Å². The fourth-order valence-corrected chi connectivity index (χ4v) is 1.70. The van der Waals surface area contributed by atoms with Crippen molar-refractivity contribution in [3.63, 3.8) is 0 Å². The third-order valence-corrected chi connectivity index (χ3v) is 2.76. The van der Waals surface area contributed by atoms with Crippen molar-refractivity contribution in [3.05, 3.63) is 29.8 Å². The first-order valence-corrected chi connectivity index (χ1v) is 7.31. The van der Waals surface area contributed by atoms with E-state index in [0.29, 0.717) is 25.3 Å². The molecule has 5 nitrogen and oxygen atoms in total. The lowest BCUT2D eigenvalue weighted by Crippen LogP contribution is -2.32. The van der Waals surface area contributed by atoms with Gasteiger partial charge >= 0.3 is 6.18 Å². The lowest BCUT2D eigenvalue weighted by atomic mass is 10.2. The Balaban J connectivity index is 0.00000529. The van der Waals surface area contributed by atoms with Crippen LogP contribution in [0.1, 0.15) is 18.9 Å². The molecule has 1 aromatic rings. The van der Waals surface area contributed by atoms with Gasteiger partial charge in [-0.15, -0.1) is 24.0 Å². The molecule has 0 spiro atoms. The minimum Gasteiger partial charge on any atom is -0.484 e. The van der Waals surface area contributed by atoms with Crippen LogP contribution in [0.15, 0.2) is 29.3 Å². The normalized spacial score (nSPS) is 11.8. The van der Waals surface area contributed by atoms with Gasteiger partial charge in [-0.3, -0.25) is 0 Å². The molecule has 0 aliphatic carbocycles. The zero-order valence-corrected chi connectivity index (χ0v) is 15.8. The molecular weight excluding hydrogens is 438 g/mol. The van der Waals surface area contributed by atoms with Gasteiger partial charge in [0, 0.05) is 25.3 Å². The zero-order chi connectivity index (χ0) is 17.1. The van der Waals surface area contributed by atoms with Crippen LogP contribution in [0.25, 0.3) is 0 Å². The summed E-state index contributed by atoms with van der Waals surface area (Å²) in [4.78, 5) is 4.10. The summed E-state index contributed by atoms with van der Waals surface area (Å²) in [6.07, 6.45) is -3.59. The van der Waals surface area contributed by atoms with Crippen molar-refractivity contribution in [2.75, 3.05) is 26.4 Å². The Labute approximate surface area is 156 Å². The first-order chi connectivity index (χ1) is 10.9. The molecule has 0 saturated carbocycles. The van der Waals surface area contributed by atoms with E-state index in [2.05, 4.69) is 10.3 Å². The van der Waals surface area contributed by atoms with Crippen molar-refractivity contribution in [1.29, 1.82) is 0 Å². The molecule has 0 heterocycles. The van der Waals surface area contributed by atoms with Crippen LogP contribution in [-0.2, 0) is 11.3 Å². The Morgan fingerprint density at radius 2 is 2.00 bits per heavy atom. The molecule has 0 amide bonds. The minimum atomic E-state index is -4.38. The number of benzene rings is 1. The lowest BCUT2D eigenvalue weighted by Gasteiger charge is -2.12. The molecule has 138 valence electrons. The Bertz CT molecular complexity index is 499. The van der Waals surface area contributed by atoms with Gasteiger partial charge in [0.1, 0.15) is 5.75 Å². The maximum Gasteiger partial charge on any atom is 0.422 e. The lowest BCUT2D eigenvalue weighted by molar-refractivity contribution is -0.153. The number of hydrogen-bond acceptors (Lipinski definition) is 3. The number of aliphatic imine (C=N–C) groups is 1. The van der Waals surface area contributed by atoms with Crippen molar-refractivity contribution in [2.45, 2.75) is 26.1 Å². The van der Waals surface area contributed by atoms with Gasteiger partial charge in [0.15, 0.2) is 12.6 Å². The highest BCUT2D eigenvalue weighted by Gasteiger charge is 2.28. The largest absolute Gasteiger partial charge is 0.484 e. The van der Waals surface area contributed by atoms with Crippen molar-refractivity contribution < 1.29 is 22.6 Å². The second kappa shape index (κ2) is 12.2. The number of halogens is 4. The second-order valence-corrected chi connectivity index (χ2v) is 4.69. The third kappa shape index (κ3) is 10.5. The molecule has 0 radical (unpaired) electrons. The van der Waals surface area contributed by atoms with Gasteiger partial charge in [0.25, 0.3) is 0 Å². The molecule has 0 unspecified atom stereocenters. The van der Waals surface area contributed by atoms with Gasteiger partial charge in [-0.1, -0.05) is 18.2 Å². The fraction of sp³-hybridized carbons (Fsp3) is 0.533. The Morgan fingerprint density at radius 1 is 1.29 bits per heavy atom. The number of nitrogens with zero attached hydrogens (tertiary/aromatic N) is 1. The molecule has 1 rings (SSSR count). The first-order valence-electron chi connectivity index (χ1n) is 7.31. The molecule has 1 aromatic carbocycles. The van der Waals surface area contributed by atoms with Crippen LogP contribution >= 0.6 is 24.0 Å². The first kappa shape index (κ1) is 22.8. The van der Waals surface area contributed by atoms with Crippen LogP contribution < -0.4 is 15.8 Å². The number of nitrogens with two attached hydrogens (primary N) is 1. The summed E-state index contributed by atoms with van der Waals surface area (Å²) in [6.45, 7) is 2.63. The van der Waals surface area contributed by atoms with E-state index in [1.165, 1.54) is 6.07 Å². The molecule has 0 saturated heterocycles. The summed E-state index contributed by atoms with van der Waals surface area (Å²) in [6, 6.07) is 6.44. The molecule has 0 atom stereocenters. The highest BCUT2D eigenvalue weighted by atomic mass is 127. The quantitative estimate of drug-likeness (QED) is 0.257. The minimum absolute atomic E-state index is 0. The standard InChI is InChI=1S/C15H22F3N3O2.HI/c1-2-22-9-5-8-20-14(19)21-10-12-6-3-4-7-13(12)23-11-15(16,17)18;/h3-4,6-7H,2,5,8-11H2,1H3,(H3,19,20,21);1H. The summed E-state index contributed by atoms with van der Waals surface area (Å²) in [5.41, 5.74) is 6.24. The van der Waals surface area contributed by atoms with Crippen LogP contribution in [0.5, 0.6) is 5.75 Å². The Morgan fingerprint density at radius 3 is 2.67 bits per heavy atom. The van der Waals surface area contributed by atoms with Gasteiger partial charge in [0.05, 0.1) is 6.54 Å². The maximum absolute atomic E-state index is 12.2. The number of alkyl halides is 3. The van der Waals surface area contributed by atoms with E-state index in [-0.39, 0.29) is 42.2 Å². The molecule has 0 aliphatic heterocycles. The van der Waals surface area contributed by atoms with Crippen LogP contribution in [-0.4, -0.2) is 38.5 Å². The van der Waals surface area contributed by atoms with E-state index in [0.717, 1.165) is 6.42 Å². The van der Waals surface area contributed by atoms with Crippen molar-refractivity contribution >= 4 is 29.9 Å². The summed E-state index contributed by atoms with van der Waals surface area (Å²) in [5, 5.41) is 2.91. The Kier molecular flexibility index (Phi) is 11.6. The van der Waals surface area contributed by atoms with E-state index in [9.17, 15) is 13.2 Å². The smallest absolute Gasteiger partial charge is 0.422 e. The predicted molar refractivity (Wildman–Crippen MR) is 97.8 cm³/mol. The van der Waals surface area contributed by atoms with E-state index >= 15 is 0 Å². The van der Waals surface area contributed by atoms with Crippen LogP contribution in [0.3, 0.4) is 0 Å². The summed E-state index contributed by atoms with van der Waals surface area (Å²) >= 11 is 0. The average Bonchev–Trinajstić information content (AvgIpc) is 2.50. The number of nitrogens with one attached hydrogen (secondary N) is 1. The number of ether oxygens (including phenoxy) is 2. The van der Waals surface area contributed by atoms with Gasteiger partial charge in [0.2, 0.25) is 0 Å². The third-order valence-electron chi connectivity index (χ3n) is 2.76. The van der Waals surface area contributed by atoms with Gasteiger partial charge in [-0.2, -0.15) is 13.2 Å². The average molecular weight is 461 g/mol. The molecule has 0 fully saturated rings. The van der Waals surface area contributed by atoms with E-state index in [1.807, 2.05) is 6.92 Å². The van der Waals surface area contributed by atoms with E-state index < -0.39 is 12.8 Å². The number of hydrogen-bond donors (Lipinski definition) is 2. The maximum atomic E-state index is 12.2. The second-order valence-electron chi connectivity index (χ2n) is 4.69. The van der Waals surface area contributed by atoms with Gasteiger partial charge < -0.3 is 20.5 Å². The number of rotatable bonds is 9. The topological polar surface area (TPSA) is 68.9 Å². The van der Waals surface area contributed by atoms with Crippen molar-refractivity contribution in [1.82, 2.24) is 5.32 Å². The molecule has 0 bridgehead atoms. The molecule has 3 N–H and O–H groups in total. The van der Waals surface area contributed by atoms with Crippen molar-refractivity contribution in [3.8, 4) is 5.75 Å². The molecule has 0 aromatic heterocycles. The van der Waals surface area contributed by atoms with Crippen LogP contribution in [0, 0.1) is 0 Å². The summed E-state index contributed by atoms with van der Waals surface area (Å²) < 4.78 is 46.6. The monoisotopic (exact) mass is 461 g/mol. The summed E-state index contributed by atoms with van der Waals surface area (Å²) in [7, 11) is 0. The highest BCUT2D eigenvalue weighted by molar-refractivity contribution is 14.0. The molecule has 9 heteroatoms. The zero-order valence-electron chi connectivity index (χ0n) is 13.4. The van der Waals surface area contributed by atoms with Crippen LogP contribution in [0.4, 0.5) is 13.2 Å². The molecular formula is C15H23F3IN3O2.